The molecule has 0 radical (unpaired) electrons. The van der Waals surface area contributed by atoms with Crippen LogP contribution < -0.4 is 0 Å². The summed E-state index contributed by atoms with van der Waals surface area (Å²) in [6.45, 7) is 0.821. The highest BCUT2D eigenvalue weighted by atomic mass is 16.7. The zero-order chi connectivity index (χ0) is 19.1. The molecular weight excluding hydrogens is 348 g/mol. The molecule has 1 heterocycles. The van der Waals surface area contributed by atoms with Crippen LogP contribution in [0.2, 0.25) is 0 Å². The van der Waals surface area contributed by atoms with Crippen molar-refractivity contribution in [2.45, 2.75) is 43.9 Å². The molecule has 6 nitrogen and oxygen atoms in total. The molecule has 0 saturated carbocycles. The van der Waals surface area contributed by atoms with Gasteiger partial charge in [0.2, 0.25) is 0 Å². The second-order valence-electron chi connectivity index (χ2n) is 6.52. The van der Waals surface area contributed by atoms with Crippen molar-refractivity contribution in [2.75, 3.05) is 13.7 Å². The normalized spacial score (nSPS) is 28.2. The molecule has 1 unspecified atom stereocenters. The molecule has 146 valence electrons. The van der Waals surface area contributed by atoms with E-state index in [0.717, 1.165) is 11.1 Å². The summed E-state index contributed by atoms with van der Waals surface area (Å²) in [6, 6.07) is 19.3. The number of methoxy groups -OCH3 is 1. The Kier molecular flexibility index (Phi) is 7.34. The molecular formula is C21H26O6. The molecule has 0 aliphatic carbocycles. The van der Waals surface area contributed by atoms with Gasteiger partial charge in [0.1, 0.15) is 24.4 Å². The maximum atomic E-state index is 10.5. The molecule has 1 fully saturated rings. The number of rotatable bonds is 8. The number of aliphatic hydroxyl groups excluding tert-OH is 2. The van der Waals surface area contributed by atoms with Crippen LogP contribution in [0.4, 0.5) is 0 Å². The zero-order valence-electron chi connectivity index (χ0n) is 15.3. The van der Waals surface area contributed by atoms with Gasteiger partial charge in [-0.2, -0.15) is 0 Å². The number of aliphatic hydroxyl groups is 2. The minimum Gasteiger partial charge on any atom is -0.387 e. The summed E-state index contributed by atoms with van der Waals surface area (Å²) in [6.07, 6.45) is -4.57. The SMILES string of the molecule is CO[C@H]1O[C@H](COCc2ccccc2)C(O)[C@H](O)[C@@H]1OCc1ccccc1. The van der Waals surface area contributed by atoms with Gasteiger partial charge in [0.25, 0.3) is 0 Å². The van der Waals surface area contributed by atoms with Crippen molar-refractivity contribution < 1.29 is 29.2 Å². The second kappa shape index (κ2) is 9.94. The fraction of sp³-hybridized carbons (Fsp3) is 0.429. The van der Waals surface area contributed by atoms with E-state index in [9.17, 15) is 10.2 Å². The lowest BCUT2D eigenvalue weighted by Gasteiger charge is -2.41. The van der Waals surface area contributed by atoms with Crippen LogP contribution in [-0.4, -0.2) is 54.6 Å². The summed E-state index contributed by atoms with van der Waals surface area (Å²) in [7, 11) is 1.48. The predicted molar refractivity (Wildman–Crippen MR) is 98.8 cm³/mol. The highest BCUT2D eigenvalue weighted by Gasteiger charge is 2.45. The van der Waals surface area contributed by atoms with Crippen molar-refractivity contribution in [3.05, 3.63) is 71.8 Å². The van der Waals surface area contributed by atoms with E-state index >= 15 is 0 Å². The van der Waals surface area contributed by atoms with E-state index in [1.807, 2.05) is 60.7 Å². The van der Waals surface area contributed by atoms with Gasteiger partial charge < -0.3 is 29.2 Å². The Balaban J connectivity index is 1.54. The molecule has 5 atom stereocenters. The smallest absolute Gasteiger partial charge is 0.186 e. The second-order valence-corrected chi connectivity index (χ2v) is 6.52. The fourth-order valence-corrected chi connectivity index (χ4v) is 3.04. The van der Waals surface area contributed by atoms with E-state index in [4.69, 9.17) is 18.9 Å². The molecule has 1 aliphatic heterocycles. The number of ether oxygens (including phenoxy) is 4. The Morgan fingerprint density at radius 3 is 2.04 bits per heavy atom. The van der Waals surface area contributed by atoms with E-state index in [1.54, 1.807) is 0 Å². The Morgan fingerprint density at radius 1 is 0.852 bits per heavy atom. The molecule has 3 rings (SSSR count). The molecule has 2 N–H and O–H groups in total. The molecule has 0 spiro atoms. The first-order valence-electron chi connectivity index (χ1n) is 9.00. The van der Waals surface area contributed by atoms with Gasteiger partial charge in [0.15, 0.2) is 6.29 Å². The summed E-state index contributed by atoms with van der Waals surface area (Å²) in [5, 5.41) is 20.9. The van der Waals surface area contributed by atoms with Crippen molar-refractivity contribution in [3.8, 4) is 0 Å². The third-order valence-electron chi connectivity index (χ3n) is 4.56. The highest BCUT2D eigenvalue weighted by molar-refractivity contribution is 5.14. The average Bonchev–Trinajstić information content (AvgIpc) is 2.72. The third-order valence-corrected chi connectivity index (χ3v) is 4.56. The number of benzene rings is 2. The van der Waals surface area contributed by atoms with Crippen LogP contribution in [0.25, 0.3) is 0 Å². The van der Waals surface area contributed by atoms with E-state index in [0.29, 0.717) is 6.61 Å². The van der Waals surface area contributed by atoms with Gasteiger partial charge in [-0.1, -0.05) is 60.7 Å². The molecule has 2 aromatic rings. The predicted octanol–water partition coefficient (Wildman–Crippen LogP) is 1.88. The Hall–Kier alpha value is -1.80. The summed E-state index contributed by atoms with van der Waals surface area (Å²) < 4.78 is 22.5. The number of hydrogen-bond acceptors (Lipinski definition) is 6. The van der Waals surface area contributed by atoms with E-state index < -0.39 is 30.7 Å². The highest BCUT2D eigenvalue weighted by Crippen LogP contribution is 2.25. The van der Waals surface area contributed by atoms with Crippen LogP contribution in [0.5, 0.6) is 0 Å². The monoisotopic (exact) mass is 374 g/mol. The lowest BCUT2D eigenvalue weighted by Crippen LogP contribution is -2.59. The maximum absolute atomic E-state index is 10.5. The fourth-order valence-electron chi connectivity index (χ4n) is 3.04. The standard InChI is InChI=1S/C21H26O6/c1-24-21-20(26-13-16-10-6-3-7-11-16)19(23)18(22)17(27-21)14-25-12-15-8-4-2-5-9-15/h2-11,17-23H,12-14H2,1H3/t17-,18?,19+,20+,21+/m1/s1. The van der Waals surface area contributed by atoms with Gasteiger partial charge in [-0.05, 0) is 11.1 Å². The van der Waals surface area contributed by atoms with Crippen LogP contribution in [0.1, 0.15) is 11.1 Å². The Labute approximate surface area is 159 Å². The maximum Gasteiger partial charge on any atom is 0.186 e. The minimum absolute atomic E-state index is 0.137. The summed E-state index contributed by atoms with van der Waals surface area (Å²) >= 11 is 0. The van der Waals surface area contributed by atoms with Crippen molar-refractivity contribution in [3.63, 3.8) is 0 Å². The van der Waals surface area contributed by atoms with Gasteiger partial charge in [-0.3, -0.25) is 0 Å². The van der Waals surface area contributed by atoms with Crippen LogP contribution >= 0.6 is 0 Å². The molecule has 2 aromatic carbocycles. The van der Waals surface area contributed by atoms with Gasteiger partial charge in [-0.15, -0.1) is 0 Å². The van der Waals surface area contributed by atoms with Gasteiger partial charge in [0.05, 0.1) is 19.8 Å². The van der Waals surface area contributed by atoms with E-state index in [2.05, 4.69) is 0 Å². The molecule has 1 aliphatic rings. The number of hydrogen-bond donors (Lipinski definition) is 2. The van der Waals surface area contributed by atoms with Crippen molar-refractivity contribution in [1.29, 1.82) is 0 Å². The largest absolute Gasteiger partial charge is 0.387 e. The van der Waals surface area contributed by atoms with E-state index in [-0.39, 0.29) is 13.2 Å². The van der Waals surface area contributed by atoms with Crippen LogP contribution in [0.3, 0.4) is 0 Å². The topological polar surface area (TPSA) is 77.4 Å². The van der Waals surface area contributed by atoms with Gasteiger partial charge in [0, 0.05) is 7.11 Å². The van der Waals surface area contributed by atoms with Crippen LogP contribution in [0, 0.1) is 0 Å². The van der Waals surface area contributed by atoms with Crippen LogP contribution in [-0.2, 0) is 32.2 Å². The first kappa shape index (κ1) is 19.9. The molecule has 27 heavy (non-hydrogen) atoms. The summed E-state index contributed by atoms with van der Waals surface area (Å²) in [5.74, 6) is 0. The lowest BCUT2D eigenvalue weighted by molar-refractivity contribution is -0.307. The summed E-state index contributed by atoms with van der Waals surface area (Å²) in [4.78, 5) is 0. The molecule has 1 saturated heterocycles. The first-order chi connectivity index (χ1) is 13.2. The van der Waals surface area contributed by atoms with Crippen molar-refractivity contribution in [1.82, 2.24) is 0 Å². The van der Waals surface area contributed by atoms with Crippen molar-refractivity contribution >= 4 is 0 Å². The lowest BCUT2D eigenvalue weighted by atomic mass is 9.99. The minimum atomic E-state index is -1.14. The zero-order valence-corrected chi connectivity index (χ0v) is 15.3. The average molecular weight is 374 g/mol. The third kappa shape index (κ3) is 5.35. The molecule has 6 heteroatoms. The molecule has 0 amide bonds. The Bertz CT molecular complexity index is 661. The first-order valence-corrected chi connectivity index (χ1v) is 9.00. The van der Waals surface area contributed by atoms with E-state index in [1.165, 1.54) is 7.11 Å². The quantitative estimate of drug-likeness (QED) is 0.735. The molecule has 0 bridgehead atoms. The van der Waals surface area contributed by atoms with Gasteiger partial charge >= 0.3 is 0 Å². The Morgan fingerprint density at radius 2 is 1.44 bits per heavy atom. The summed E-state index contributed by atoms with van der Waals surface area (Å²) in [5.41, 5.74) is 1.98. The van der Waals surface area contributed by atoms with Crippen molar-refractivity contribution in [2.24, 2.45) is 0 Å². The molecule has 0 aromatic heterocycles. The van der Waals surface area contributed by atoms with Gasteiger partial charge in [-0.25, -0.2) is 0 Å². The van der Waals surface area contributed by atoms with Crippen LogP contribution in [0.15, 0.2) is 60.7 Å².